The van der Waals surface area contributed by atoms with Crippen molar-refractivity contribution in [3.05, 3.63) is 0 Å². The largest absolute Gasteiger partial charge is 0.465 e. The van der Waals surface area contributed by atoms with Crippen LogP contribution in [0.4, 0.5) is 4.79 Å². The molecule has 1 saturated heterocycles. The van der Waals surface area contributed by atoms with E-state index in [2.05, 4.69) is 5.32 Å². The van der Waals surface area contributed by atoms with Gasteiger partial charge in [0.1, 0.15) is 0 Å². The van der Waals surface area contributed by atoms with Gasteiger partial charge in [-0.15, -0.1) is 0 Å². The van der Waals surface area contributed by atoms with Crippen molar-refractivity contribution in [3.8, 4) is 0 Å². The maximum atomic E-state index is 10.7. The van der Waals surface area contributed by atoms with Gasteiger partial charge in [0.2, 0.25) is 5.40 Å². The molecule has 0 aromatic carbocycles. The Morgan fingerprint density at radius 3 is 2.58 bits per heavy atom. The minimum Gasteiger partial charge on any atom is -0.465 e. The highest BCUT2D eigenvalue weighted by Crippen LogP contribution is 2.32. The van der Waals surface area contributed by atoms with Crippen LogP contribution in [-0.2, 0) is 9.13 Å². The van der Waals surface area contributed by atoms with Gasteiger partial charge in [0.05, 0.1) is 0 Å². The number of nitrogens with one attached hydrogen (secondary N) is 1. The Hall–Kier alpha value is -0.870. The third kappa shape index (κ3) is 1.23. The molecule has 0 bridgehead atoms. The fraction of sp³-hybridized carbons (Fsp3) is 0.800. The lowest BCUT2D eigenvalue weighted by Crippen LogP contribution is -2.46. The Kier molecular flexibility index (Phi) is 2.21. The van der Waals surface area contributed by atoms with Gasteiger partial charge in [-0.25, -0.2) is 13.9 Å². The van der Waals surface area contributed by atoms with Crippen LogP contribution in [0.2, 0.25) is 0 Å². The first kappa shape index (κ1) is 9.22. The molecule has 0 aromatic heterocycles. The van der Waals surface area contributed by atoms with Crippen LogP contribution in [0, 0.1) is 0 Å². The summed E-state index contributed by atoms with van der Waals surface area (Å²) in [6.07, 6.45) is -1.22. The Balaban J connectivity index is 2.96. The van der Waals surface area contributed by atoms with Gasteiger partial charge in [-0.3, -0.25) is 10.2 Å². The molecular weight excluding hydrogens is 183 g/mol. The van der Waals surface area contributed by atoms with Crippen LogP contribution >= 0.6 is 7.68 Å². The van der Waals surface area contributed by atoms with E-state index in [4.69, 9.17) is 5.11 Å². The van der Waals surface area contributed by atoms with Crippen molar-refractivity contribution in [1.29, 1.82) is 0 Å². The fourth-order valence-corrected chi connectivity index (χ4v) is 1.79. The van der Waals surface area contributed by atoms with Gasteiger partial charge in [-0.1, -0.05) is 0 Å². The summed E-state index contributed by atoms with van der Waals surface area (Å²) in [6, 6.07) is 0. The summed E-state index contributed by atoms with van der Waals surface area (Å²) in [5.74, 6) is 0. The number of nitrogens with zero attached hydrogens (tertiary/aromatic N) is 1. The van der Waals surface area contributed by atoms with E-state index < -0.39 is 19.2 Å². The van der Waals surface area contributed by atoms with Crippen LogP contribution in [0.25, 0.3) is 0 Å². The van der Waals surface area contributed by atoms with Crippen LogP contribution in [-0.4, -0.2) is 34.6 Å². The van der Waals surface area contributed by atoms with E-state index in [0.29, 0.717) is 6.54 Å². The molecule has 0 spiro atoms. The molecule has 1 unspecified atom stereocenters. The molecular formula is C5H9N2O4P. The van der Waals surface area contributed by atoms with Gasteiger partial charge >= 0.3 is 13.8 Å². The highest BCUT2D eigenvalue weighted by Gasteiger charge is 2.44. The van der Waals surface area contributed by atoms with Crippen molar-refractivity contribution in [2.75, 3.05) is 13.1 Å². The first-order valence-corrected chi connectivity index (χ1v) is 4.56. The maximum absolute atomic E-state index is 10.7. The molecule has 1 aliphatic rings. The zero-order valence-corrected chi connectivity index (χ0v) is 7.38. The number of hydrogen-bond acceptors (Lipinski definition) is 4. The molecule has 2 N–H and O–H groups in total. The molecule has 1 atom stereocenters. The maximum Gasteiger partial charge on any atom is 0.409 e. The van der Waals surface area contributed by atoms with Crippen molar-refractivity contribution in [2.45, 2.75) is 12.3 Å². The lowest BCUT2D eigenvalue weighted by molar-refractivity contribution is 0.130. The van der Waals surface area contributed by atoms with Gasteiger partial charge in [0, 0.05) is 13.1 Å². The van der Waals surface area contributed by atoms with Gasteiger partial charge in [0.15, 0.2) is 0 Å². The third-order valence-electron chi connectivity index (χ3n) is 1.91. The van der Waals surface area contributed by atoms with E-state index in [0.717, 1.165) is 4.90 Å². The predicted molar refractivity (Wildman–Crippen MR) is 39.4 cm³/mol. The molecule has 1 heterocycles. The molecule has 1 amide bonds. The highest BCUT2D eigenvalue weighted by atomic mass is 31.1. The van der Waals surface area contributed by atoms with Crippen molar-refractivity contribution >= 4 is 13.8 Å². The van der Waals surface area contributed by atoms with Crippen molar-refractivity contribution < 1.29 is 19.0 Å². The zero-order chi connectivity index (χ0) is 9.35. The van der Waals surface area contributed by atoms with E-state index in [-0.39, 0.29) is 6.54 Å². The quantitative estimate of drug-likeness (QED) is 0.588. The summed E-state index contributed by atoms with van der Waals surface area (Å²) in [7, 11) is -2.82. The number of carboxylic acid groups (broad SMARTS) is 1. The normalized spacial score (nSPS) is 28.9. The Morgan fingerprint density at radius 2 is 2.25 bits per heavy atom. The van der Waals surface area contributed by atoms with Gasteiger partial charge < -0.3 is 5.11 Å². The molecule has 1 aliphatic heterocycles. The Labute approximate surface area is 69.4 Å². The van der Waals surface area contributed by atoms with E-state index in [9.17, 15) is 13.9 Å². The molecule has 6 nitrogen and oxygen atoms in total. The number of carbonyl (C=O) groups is 1. The van der Waals surface area contributed by atoms with Gasteiger partial charge in [-0.2, -0.15) is 0 Å². The van der Waals surface area contributed by atoms with E-state index >= 15 is 0 Å². The Bertz CT molecular complexity index is 269. The molecule has 12 heavy (non-hydrogen) atoms. The predicted octanol–water partition coefficient (Wildman–Crippen LogP) is 0.416. The summed E-state index contributed by atoms with van der Waals surface area (Å²) in [5, 5.41) is 9.80. The minimum atomic E-state index is -2.82. The number of rotatable bonds is 1. The third-order valence-corrected chi connectivity index (χ3v) is 3.02. The average molecular weight is 192 g/mol. The molecule has 68 valence electrons. The highest BCUT2D eigenvalue weighted by molar-refractivity contribution is 7.32. The molecule has 0 aliphatic carbocycles. The second-order valence-corrected chi connectivity index (χ2v) is 4.02. The van der Waals surface area contributed by atoms with Crippen LogP contribution < -0.4 is 5.32 Å². The molecule has 1 fully saturated rings. The first-order valence-electron chi connectivity index (χ1n) is 3.38. The fourth-order valence-electron chi connectivity index (χ4n) is 1.16. The Morgan fingerprint density at radius 1 is 1.67 bits per heavy atom. The van der Waals surface area contributed by atoms with Gasteiger partial charge in [0.25, 0.3) is 0 Å². The topological polar surface area (TPSA) is 86.7 Å². The number of hydrogen-bond donors (Lipinski definition) is 2. The summed E-state index contributed by atoms with van der Waals surface area (Å²) < 4.78 is 21.4. The lowest BCUT2D eigenvalue weighted by Gasteiger charge is -2.24. The second kappa shape index (κ2) is 2.88. The first-order chi connectivity index (χ1) is 5.48. The van der Waals surface area contributed by atoms with E-state index in [1.165, 1.54) is 6.92 Å². The van der Waals surface area contributed by atoms with Crippen molar-refractivity contribution in [1.82, 2.24) is 10.2 Å². The summed E-state index contributed by atoms with van der Waals surface area (Å²) >= 11 is 0. The van der Waals surface area contributed by atoms with Crippen molar-refractivity contribution in [3.63, 3.8) is 0 Å². The SMILES string of the molecule is CC1(P(=O)=O)NCCN1C(=O)O. The monoisotopic (exact) mass is 192 g/mol. The molecule has 0 saturated carbocycles. The lowest BCUT2D eigenvalue weighted by atomic mass is 10.5. The van der Waals surface area contributed by atoms with E-state index in [1.807, 2.05) is 0 Å². The second-order valence-electron chi connectivity index (χ2n) is 2.64. The van der Waals surface area contributed by atoms with Crippen molar-refractivity contribution in [2.24, 2.45) is 0 Å². The average Bonchev–Trinajstić information content (AvgIpc) is 2.32. The van der Waals surface area contributed by atoms with Crippen LogP contribution in [0.3, 0.4) is 0 Å². The summed E-state index contributed by atoms with van der Waals surface area (Å²) in [5.41, 5.74) is 0. The van der Waals surface area contributed by atoms with Crippen LogP contribution in [0.5, 0.6) is 0 Å². The zero-order valence-electron chi connectivity index (χ0n) is 6.48. The molecule has 0 aromatic rings. The van der Waals surface area contributed by atoms with E-state index in [1.54, 1.807) is 0 Å². The summed E-state index contributed by atoms with van der Waals surface area (Å²) in [6.45, 7) is 1.90. The standard InChI is InChI=1S/C5H9N2O4P/c1-5(12(10)11)6-2-3-7(5)4(8)9/h6H,2-3H2,1H3,(H,8,9). The van der Waals surface area contributed by atoms with Gasteiger partial charge in [-0.05, 0) is 6.92 Å². The molecule has 0 radical (unpaired) electrons. The van der Waals surface area contributed by atoms with Crippen LogP contribution in [0.15, 0.2) is 0 Å². The molecule has 7 heteroatoms. The summed E-state index contributed by atoms with van der Waals surface area (Å²) in [4.78, 5) is 11.4. The van der Waals surface area contributed by atoms with Crippen LogP contribution in [0.1, 0.15) is 6.92 Å². The minimum absolute atomic E-state index is 0.204. The number of amides is 1. The molecule has 1 rings (SSSR count). The smallest absolute Gasteiger partial charge is 0.409 e.